The van der Waals surface area contributed by atoms with Crippen molar-refractivity contribution in [1.82, 2.24) is 15.5 Å². The average molecular weight is 607 g/mol. The van der Waals surface area contributed by atoms with Crippen LogP contribution in [-0.4, -0.2) is 48.6 Å². The minimum atomic E-state index is -5.00. The maximum Gasteiger partial charge on any atom is 0.416 e. The van der Waals surface area contributed by atoms with Gasteiger partial charge in [0.2, 0.25) is 5.91 Å². The largest absolute Gasteiger partial charge is 0.416 e. The van der Waals surface area contributed by atoms with E-state index in [0.29, 0.717) is 18.7 Å². The molecule has 2 unspecified atom stereocenters. The number of anilines is 1. The van der Waals surface area contributed by atoms with Gasteiger partial charge >= 0.3 is 12.4 Å². The molecular weight excluding hydrogens is 578 g/mol. The predicted molar refractivity (Wildman–Crippen MR) is 151 cm³/mol. The van der Waals surface area contributed by atoms with Gasteiger partial charge in [-0.25, -0.2) is 0 Å². The van der Waals surface area contributed by atoms with Crippen molar-refractivity contribution in [2.24, 2.45) is 0 Å². The van der Waals surface area contributed by atoms with Gasteiger partial charge in [0.1, 0.15) is 0 Å². The van der Waals surface area contributed by atoms with E-state index in [1.54, 1.807) is 0 Å². The van der Waals surface area contributed by atoms with Crippen molar-refractivity contribution in [2.45, 2.75) is 42.7 Å². The van der Waals surface area contributed by atoms with Gasteiger partial charge in [-0.2, -0.15) is 26.3 Å². The number of carbonyl (C=O) groups excluding carboxylic acids is 1. The number of benzene rings is 3. The average Bonchev–Trinajstić information content (AvgIpc) is 2.91. The Kier molecular flexibility index (Phi) is 7.97. The van der Waals surface area contributed by atoms with E-state index in [2.05, 4.69) is 16.0 Å². The van der Waals surface area contributed by atoms with Gasteiger partial charge in [-0.1, -0.05) is 48.5 Å². The number of hydrogen-bond acceptors (Lipinski definition) is 3. The molecule has 0 heterocycles. The third-order valence-electron chi connectivity index (χ3n) is 7.69. The molecule has 42 heavy (non-hydrogen) atoms. The highest BCUT2D eigenvalue weighted by atomic mass is 32.1. The van der Waals surface area contributed by atoms with E-state index >= 15 is 0 Å². The molecule has 2 atom stereocenters. The number of fused-ring (bicyclic) bond motifs is 1. The van der Waals surface area contributed by atoms with Crippen molar-refractivity contribution >= 4 is 28.9 Å². The zero-order valence-electron chi connectivity index (χ0n) is 22.6. The number of amides is 1. The molecule has 3 aliphatic carbocycles. The molecule has 222 valence electrons. The third kappa shape index (κ3) is 5.96. The molecule has 5 nitrogen and oxygen atoms in total. The Hall–Kier alpha value is -3.64. The number of thiocarbonyl (C=S) groups is 1. The zero-order chi connectivity index (χ0) is 30.4. The SMILES string of the molecule is CN(C)CCC(=O)NC1C2c3ccccc3C(c3ccccc32)C1NC(=S)Nc1cc(C(F)(F)F)cc(C(F)(F)F)c1. The van der Waals surface area contributed by atoms with Gasteiger partial charge in [0.25, 0.3) is 0 Å². The highest BCUT2D eigenvalue weighted by molar-refractivity contribution is 7.80. The first kappa shape index (κ1) is 29.8. The summed E-state index contributed by atoms with van der Waals surface area (Å²) in [4.78, 5) is 15.0. The molecular formula is C30H28F6N4OS. The van der Waals surface area contributed by atoms with Gasteiger partial charge in [-0.15, -0.1) is 0 Å². The second-order valence-corrected chi connectivity index (χ2v) is 11.2. The van der Waals surface area contributed by atoms with Crippen LogP contribution in [0.25, 0.3) is 0 Å². The maximum atomic E-state index is 13.4. The molecule has 6 rings (SSSR count). The molecule has 0 radical (unpaired) electrons. The van der Waals surface area contributed by atoms with Crippen LogP contribution in [0.15, 0.2) is 66.7 Å². The Morgan fingerprint density at radius 1 is 0.762 bits per heavy atom. The smallest absolute Gasteiger partial charge is 0.357 e. The molecule has 3 aromatic rings. The third-order valence-corrected chi connectivity index (χ3v) is 7.91. The van der Waals surface area contributed by atoms with E-state index in [1.807, 2.05) is 67.5 Å². The fourth-order valence-electron chi connectivity index (χ4n) is 5.95. The molecule has 3 N–H and O–H groups in total. The summed E-state index contributed by atoms with van der Waals surface area (Å²) in [5.41, 5.74) is 0.759. The Morgan fingerprint density at radius 3 is 1.60 bits per heavy atom. The van der Waals surface area contributed by atoms with Gasteiger partial charge in [-0.3, -0.25) is 4.79 Å². The second-order valence-electron chi connectivity index (χ2n) is 10.8. The standard InChI is InChI=1S/C30H28F6N4OS/c1-40(2)12-11-23(41)38-26-24-19-7-3-5-9-21(19)25(22-10-6-4-8-20(22)24)27(26)39-28(42)37-18-14-16(29(31,32)33)13-17(15-18)30(34,35)36/h3-10,13-15,24-27H,11-12H2,1-2H3,(H,38,41)(H2,37,39,42). The Labute approximate surface area is 244 Å². The topological polar surface area (TPSA) is 56.4 Å². The summed E-state index contributed by atoms with van der Waals surface area (Å²) in [5, 5.41) is 8.67. The predicted octanol–water partition coefficient (Wildman–Crippen LogP) is 6.11. The number of alkyl halides is 6. The Balaban J connectivity index is 1.50. The van der Waals surface area contributed by atoms with Crippen LogP contribution in [0.1, 0.15) is 51.6 Å². The van der Waals surface area contributed by atoms with Crippen LogP contribution in [0.2, 0.25) is 0 Å². The minimum absolute atomic E-state index is 0.0644. The van der Waals surface area contributed by atoms with Crippen LogP contribution < -0.4 is 16.0 Å². The Bertz CT molecular complexity index is 1430. The lowest BCUT2D eigenvalue weighted by molar-refractivity contribution is -0.143. The number of rotatable bonds is 6. The van der Waals surface area contributed by atoms with Crippen LogP contribution in [0, 0.1) is 0 Å². The van der Waals surface area contributed by atoms with Crippen molar-refractivity contribution in [1.29, 1.82) is 0 Å². The van der Waals surface area contributed by atoms with Crippen LogP contribution in [0.5, 0.6) is 0 Å². The lowest BCUT2D eigenvalue weighted by Gasteiger charge is -2.51. The number of halogens is 6. The summed E-state index contributed by atoms with van der Waals surface area (Å²) >= 11 is 5.45. The Morgan fingerprint density at radius 2 is 1.19 bits per heavy atom. The molecule has 1 amide bonds. The zero-order valence-corrected chi connectivity index (χ0v) is 23.4. The molecule has 0 aromatic heterocycles. The van der Waals surface area contributed by atoms with Crippen molar-refractivity contribution < 1.29 is 31.1 Å². The van der Waals surface area contributed by atoms with Crippen molar-refractivity contribution in [3.05, 3.63) is 100 Å². The quantitative estimate of drug-likeness (QED) is 0.234. The molecule has 0 saturated heterocycles. The molecule has 3 aliphatic rings. The number of nitrogens with one attached hydrogen (secondary N) is 3. The normalized spacial score (nSPS) is 21.0. The molecule has 3 aromatic carbocycles. The molecule has 0 spiro atoms. The highest BCUT2D eigenvalue weighted by Crippen LogP contribution is 2.52. The van der Waals surface area contributed by atoms with E-state index in [0.717, 1.165) is 22.3 Å². The fraction of sp³-hybridized carbons (Fsp3) is 0.333. The maximum absolute atomic E-state index is 13.4. The summed E-state index contributed by atoms with van der Waals surface area (Å²) < 4.78 is 80.6. The first-order valence-corrected chi connectivity index (χ1v) is 13.6. The van der Waals surface area contributed by atoms with Gasteiger partial charge in [0.15, 0.2) is 5.11 Å². The first-order valence-electron chi connectivity index (χ1n) is 13.2. The lowest BCUT2D eigenvalue weighted by Crippen LogP contribution is -2.62. The molecule has 2 bridgehead atoms. The number of hydrogen-bond donors (Lipinski definition) is 3. The molecule has 0 aliphatic heterocycles. The summed E-state index contributed by atoms with van der Waals surface area (Å²) in [6, 6.07) is 15.8. The second kappa shape index (κ2) is 11.2. The summed E-state index contributed by atoms with van der Waals surface area (Å²) in [7, 11) is 3.71. The highest BCUT2D eigenvalue weighted by Gasteiger charge is 2.50. The van der Waals surface area contributed by atoms with E-state index in [9.17, 15) is 31.1 Å². The first-order chi connectivity index (χ1) is 19.7. The summed E-state index contributed by atoms with van der Waals surface area (Å²) in [6.07, 6.45) is -9.75. The minimum Gasteiger partial charge on any atom is -0.357 e. The lowest BCUT2D eigenvalue weighted by atomic mass is 9.59. The van der Waals surface area contributed by atoms with Crippen LogP contribution in [-0.2, 0) is 17.1 Å². The van der Waals surface area contributed by atoms with Crippen molar-refractivity contribution in [3.8, 4) is 0 Å². The summed E-state index contributed by atoms with van der Waals surface area (Å²) in [5.74, 6) is -0.737. The fourth-order valence-corrected chi connectivity index (χ4v) is 6.21. The van der Waals surface area contributed by atoms with Crippen LogP contribution in [0.3, 0.4) is 0 Å². The molecule has 12 heteroatoms. The van der Waals surface area contributed by atoms with Gasteiger partial charge in [0.05, 0.1) is 23.2 Å². The number of nitrogens with zero attached hydrogens (tertiary/aromatic N) is 1. The van der Waals surface area contributed by atoms with Crippen LogP contribution in [0.4, 0.5) is 32.0 Å². The summed E-state index contributed by atoms with van der Waals surface area (Å²) in [6.45, 7) is 0.523. The molecule has 0 fully saturated rings. The van der Waals surface area contributed by atoms with E-state index in [1.165, 1.54) is 0 Å². The van der Waals surface area contributed by atoms with Gasteiger partial charge in [-0.05, 0) is 66.8 Å². The monoisotopic (exact) mass is 606 g/mol. The van der Waals surface area contributed by atoms with Crippen molar-refractivity contribution in [3.63, 3.8) is 0 Å². The number of carbonyl (C=O) groups is 1. The van der Waals surface area contributed by atoms with Gasteiger partial charge < -0.3 is 20.9 Å². The van der Waals surface area contributed by atoms with Crippen molar-refractivity contribution in [2.75, 3.05) is 26.0 Å². The van der Waals surface area contributed by atoms with E-state index < -0.39 is 41.3 Å². The van der Waals surface area contributed by atoms with Crippen LogP contribution >= 0.6 is 12.2 Å². The van der Waals surface area contributed by atoms with E-state index in [4.69, 9.17) is 12.2 Å². The van der Waals surface area contributed by atoms with Gasteiger partial charge in [0, 0.05) is 30.5 Å². The molecule has 0 saturated carbocycles. The van der Waals surface area contributed by atoms with E-state index in [-0.39, 0.29) is 35.3 Å².